The van der Waals surface area contributed by atoms with E-state index in [-0.39, 0.29) is 6.61 Å². The Labute approximate surface area is 104 Å². The van der Waals surface area contributed by atoms with Crippen molar-refractivity contribution < 1.29 is 5.11 Å². The largest absolute Gasteiger partial charge is 0.392 e. The van der Waals surface area contributed by atoms with E-state index < -0.39 is 0 Å². The molecular formula is C14H13N3O. The van der Waals surface area contributed by atoms with E-state index in [1.54, 1.807) is 12.4 Å². The maximum Gasteiger partial charge on any atom is 0.0796 e. The smallest absolute Gasteiger partial charge is 0.0796 e. The number of hydrogen-bond donors (Lipinski definition) is 2. The van der Waals surface area contributed by atoms with Crippen molar-refractivity contribution in [1.82, 2.24) is 15.2 Å². The van der Waals surface area contributed by atoms with Crippen molar-refractivity contribution in [3.63, 3.8) is 0 Å². The summed E-state index contributed by atoms with van der Waals surface area (Å²) in [6.45, 7) is 2.01. The van der Waals surface area contributed by atoms with Gasteiger partial charge in [0.05, 0.1) is 24.0 Å². The van der Waals surface area contributed by atoms with Crippen molar-refractivity contribution >= 4 is 10.9 Å². The molecule has 0 aliphatic heterocycles. The fourth-order valence-corrected chi connectivity index (χ4v) is 2.07. The third-order valence-electron chi connectivity index (χ3n) is 2.99. The van der Waals surface area contributed by atoms with Gasteiger partial charge in [-0.15, -0.1) is 0 Å². The minimum absolute atomic E-state index is 0.0304. The lowest BCUT2D eigenvalue weighted by Gasteiger charge is -2.07. The number of aliphatic hydroxyl groups is 1. The normalized spacial score (nSPS) is 11.0. The number of benzene rings is 1. The van der Waals surface area contributed by atoms with Crippen molar-refractivity contribution in [2.75, 3.05) is 0 Å². The molecule has 0 saturated carbocycles. The summed E-state index contributed by atoms with van der Waals surface area (Å²) in [5, 5.41) is 17.2. The highest BCUT2D eigenvalue weighted by molar-refractivity contribution is 5.83. The first-order valence-corrected chi connectivity index (χ1v) is 5.78. The SMILES string of the molecule is Cc1ccc2cc(CO)c(-c3cn[nH]c3)nc2c1. The van der Waals surface area contributed by atoms with Gasteiger partial charge >= 0.3 is 0 Å². The van der Waals surface area contributed by atoms with Crippen molar-refractivity contribution in [1.29, 1.82) is 0 Å². The number of nitrogens with zero attached hydrogens (tertiary/aromatic N) is 2. The summed E-state index contributed by atoms with van der Waals surface area (Å²) in [5.74, 6) is 0. The molecule has 4 heteroatoms. The van der Waals surface area contributed by atoms with Crippen molar-refractivity contribution in [2.45, 2.75) is 13.5 Å². The first-order valence-electron chi connectivity index (χ1n) is 5.78. The fourth-order valence-electron chi connectivity index (χ4n) is 2.07. The monoisotopic (exact) mass is 239 g/mol. The predicted octanol–water partition coefficient (Wildman–Crippen LogP) is 2.43. The molecule has 3 rings (SSSR count). The summed E-state index contributed by atoms with van der Waals surface area (Å²) < 4.78 is 0. The van der Waals surface area contributed by atoms with E-state index >= 15 is 0 Å². The molecule has 0 aliphatic carbocycles. The number of pyridine rings is 1. The summed E-state index contributed by atoms with van der Waals surface area (Å²) in [6.07, 6.45) is 3.49. The van der Waals surface area contributed by atoms with E-state index in [9.17, 15) is 5.11 Å². The molecule has 0 fully saturated rings. The third-order valence-corrected chi connectivity index (χ3v) is 2.99. The van der Waals surface area contributed by atoms with Crippen molar-refractivity contribution in [2.24, 2.45) is 0 Å². The third kappa shape index (κ3) is 1.76. The Morgan fingerprint density at radius 1 is 1.28 bits per heavy atom. The Kier molecular flexibility index (Phi) is 2.57. The zero-order valence-electron chi connectivity index (χ0n) is 10.0. The molecule has 2 heterocycles. The molecule has 0 amide bonds. The highest BCUT2D eigenvalue weighted by Gasteiger charge is 2.09. The minimum Gasteiger partial charge on any atom is -0.392 e. The molecule has 90 valence electrons. The Bertz CT molecular complexity index is 690. The first-order chi connectivity index (χ1) is 8.78. The number of nitrogens with one attached hydrogen (secondary N) is 1. The number of aryl methyl sites for hydroxylation is 1. The van der Waals surface area contributed by atoms with Crippen molar-refractivity contribution in [3.8, 4) is 11.3 Å². The van der Waals surface area contributed by atoms with Crippen LogP contribution in [0.2, 0.25) is 0 Å². The standard InChI is InChI=1S/C14H13N3O/c1-9-2-3-10-5-11(8-18)14(17-13(10)4-9)12-6-15-16-7-12/h2-7,18H,8H2,1H3,(H,15,16). The van der Waals surface area contributed by atoms with Crippen LogP contribution >= 0.6 is 0 Å². The molecular weight excluding hydrogens is 226 g/mol. The van der Waals surface area contributed by atoms with Gasteiger partial charge in [-0.25, -0.2) is 4.98 Å². The number of rotatable bonds is 2. The van der Waals surface area contributed by atoms with Gasteiger partial charge < -0.3 is 5.11 Å². The molecule has 0 spiro atoms. The number of aromatic nitrogens is 3. The van der Waals surface area contributed by atoms with Crippen LogP contribution in [0, 0.1) is 6.92 Å². The lowest BCUT2D eigenvalue weighted by molar-refractivity contribution is 0.282. The minimum atomic E-state index is -0.0304. The Hall–Kier alpha value is -2.20. The summed E-state index contributed by atoms with van der Waals surface area (Å²) in [6, 6.07) is 8.09. The van der Waals surface area contributed by atoms with E-state index in [2.05, 4.69) is 15.2 Å². The molecule has 2 aromatic heterocycles. The second-order valence-electron chi connectivity index (χ2n) is 4.34. The van der Waals surface area contributed by atoms with E-state index in [0.29, 0.717) is 0 Å². The maximum absolute atomic E-state index is 9.46. The number of fused-ring (bicyclic) bond motifs is 1. The van der Waals surface area contributed by atoms with E-state index in [1.807, 2.05) is 31.2 Å². The second-order valence-corrected chi connectivity index (χ2v) is 4.34. The summed E-state index contributed by atoms with van der Waals surface area (Å²) >= 11 is 0. The molecule has 18 heavy (non-hydrogen) atoms. The Morgan fingerprint density at radius 2 is 2.17 bits per heavy atom. The van der Waals surface area contributed by atoms with Crippen molar-refractivity contribution in [3.05, 3.63) is 47.8 Å². The fraction of sp³-hybridized carbons (Fsp3) is 0.143. The zero-order valence-corrected chi connectivity index (χ0v) is 10.0. The maximum atomic E-state index is 9.46. The molecule has 0 bridgehead atoms. The van der Waals surface area contributed by atoms with Crippen LogP contribution in [0.5, 0.6) is 0 Å². The molecule has 0 atom stereocenters. The van der Waals surface area contributed by atoms with Gasteiger partial charge in [-0.2, -0.15) is 5.10 Å². The zero-order chi connectivity index (χ0) is 12.5. The summed E-state index contributed by atoms with van der Waals surface area (Å²) in [5.41, 5.74) is 4.59. The number of aromatic amines is 1. The van der Waals surface area contributed by atoms with Gasteiger partial charge in [0.2, 0.25) is 0 Å². The van der Waals surface area contributed by atoms with Gasteiger partial charge in [0.25, 0.3) is 0 Å². The molecule has 0 unspecified atom stereocenters. The van der Waals surface area contributed by atoms with Gasteiger partial charge in [-0.3, -0.25) is 5.10 Å². The van der Waals surface area contributed by atoms with Crippen LogP contribution < -0.4 is 0 Å². The molecule has 0 aliphatic rings. The Morgan fingerprint density at radius 3 is 2.89 bits per heavy atom. The molecule has 1 aromatic carbocycles. The lowest BCUT2D eigenvalue weighted by Crippen LogP contribution is -1.94. The molecule has 2 N–H and O–H groups in total. The average Bonchev–Trinajstić information content (AvgIpc) is 2.90. The van der Waals surface area contributed by atoms with Gasteiger partial charge in [0.15, 0.2) is 0 Å². The summed E-state index contributed by atoms with van der Waals surface area (Å²) in [7, 11) is 0. The average molecular weight is 239 g/mol. The first kappa shape index (κ1) is 10.9. The van der Waals surface area contributed by atoms with E-state index in [0.717, 1.165) is 27.7 Å². The molecule has 3 aromatic rings. The highest BCUT2D eigenvalue weighted by Crippen LogP contribution is 2.25. The van der Waals surface area contributed by atoms with Crippen LogP contribution in [0.25, 0.3) is 22.2 Å². The van der Waals surface area contributed by atoms with Crippen LogP contribution in [0.1, 0.15) is 11.1 Å². The van der Waals surface area contributed by atoms with Crippen LogP contribution in [0.15, 0.2) is 36.7 Å². The van der Waals surface area contributed by atoms with Gasteiger partial charge in [-0.05, 0) is 24.6 Å². The van der Waals surface area contributed by atoms with E-state index in [4.69, 9.17) is 0 Å². The molecule has 4 nitrogen and oxygen atoms in total. The van der Waals surface area contributed by atoms with Gasteiger partial charge in [-0.1, -0.05) is 12.1 Å². The second kappa shape index (κ2) is 4.23. The number of H-pyrrole nitrogens is 1. The number of aliphatic hydroxyl groups excluding tert-OH is 1. The lowest BCUT2D eigenvalue weighted by atomic mass is 10.1. The van der Waals surface area contributed by atoms with Crippen LogP contribution in [-0.2, 0) is 6.61 Å². The topological polar surface area (TPSA) is 61.8 Å². The predicted molar refractivity (Wildman–Crippen MR) is 70.0 cm³/mol. The van der Waals surface area contributed by atoms with Crippen LogP contribution in [-0.4, -0.2) is 20.3 Å². The van der Waals surface area contributed by atoms with Crippen LogP contribution in [0.4, 0.5) is 0 Å². The highest BCUT2D eigenvalue weighted by atomic mass is 16.3. The number of hydrogen-bond acceptors (Lipinski definition) is 3. The van der Waals surface area contributed by atoms with Crippen LogP contribution in [0.3, 0.4) is 0 Å². The van der Waals surface area contributed by atoms with E-state index in [1.165, 1.54) is 5.56 Å². The quantitative estimate of drug-likeness (QED) is 0.722. The molecule has 0 saturated heterocycles. The van der Waals surface area contributed by atoms with Gasteiger partial charge in [0.1, 0.15) is 0 Å². The molecule has 0 radical (unpaired) electrons. The Balaban J connectivity index is 2.29. The van der Waals surface area contributed by atoms with Gasteiger partial charge in [0, 0.05) is 22.7 Å². The summed E-state index contributed by atoms with van der Waals surface area (Å²) in [4.78, 5) is 4.63.